The Labute approximate surface area is 151 Å². The fourth-order valence-corrected chi connectivity index (χ4v) is 3.59. The highest BCUT2D eigenvalue weighted by molar-refractivity contribution is 5.94. The van der Waals surface area contributed by atoms with Crippen LogP contribution in [0.2, 0.25) is 0 Å². The third-order valence-corrected chi connectivity index (χ3v) is 4.96. The highest BCUT2D eigenvalue weighted by Gasteiger charge is 2.17. The molecule has 0 saturated carbocycles. The summed E-state index contributed by atoms with van der Waals surface area (Å²) in [5.41, 5.74) is 3.19. The Morgan fingerprint density at radius 2 is 1.80 bits per heavy atom. The zero-order chi connectivity index (χ0) is 17.6. The Morgan fingerprint density at radius 1 is 1.08 bits per heavy atom. The third kappa shape index (κ3) is 4.93. The largest absolute Gasteiger partial charge is 0.337 e. The maximum Gasteiger partial charge on any atom is 0.253 e. The molecule has 3 nitrogen and oxygen atoms in total. The Kier molecular flexibility index (Phi) is 5.87. The second-order valence-corrected chi connectivity index (χ2v) is 7.33. The molecule has 1 aliphatic rings. The van der Waals surface area contributed by atoms with Crippen molar-refractivity contribution in [3.05, 3.63) is 71.3 Å². The number of benzene rings is 2. The Morgan fingerprint density at radius 3 is 2.48 bits per heavy atom. The average molecular weight is 336 g/mol. The maximum absolute atomic E-state index is 12.6. The maximum atomic E-state index is 12.6. The van der Waals surface area contributed by atoms with Gasteiger partial charge >= 0.3 is 0 Å². The summed E-state index contributed by atoms with van der Waals surface area (Å²) in [6.45, 7) is 6.31. The van der Waals surface area contributed by atoms with E-state index in [-0.39, 0.29) is 5.91 Å². The number of amides is 1. The molecule has 3 rings (SSSR count). The summed E-state index contributed by atoms with van der Waals surface area (Å²) >= 11 is 0. The van der Waals surface area contributed by atoms with Crippen LogP contribution in [-0.4, -0.2) is 35.8 Å². The summed E-state index contributed by atoms with van der Waals surface area (Å²) < 4.78 is 0. The van der Waals surface area contributed by atoms with Crippen LogP contribution in [0, 0.1) is 5.92 Å². The van der Waals surface area contributed by atoms with Crippen molar-refractivity contribution in [1.29, 1.82) is 0 Å². The van der Waals surface area contributed by atoms with Crippen LogP contribution in [-0.2, 0) is 13.1 Å². The number of carbonyl (C=O) groups is 1. The molecule has 0 bridgehead atoms. The van der Waals surface area contributed by atoms with Crippen LogP contribution in [0.15, 0.2) is 54.6 Å². The van der Waals surface area contributed by atoms with E-state index in [1.807, 2.05) is 49.5 Å². The topological polar surface area (TPSA) is 23.6 Å². The highest BCUT2D eigenvalue weighted by Crippen LogP contribution is 2.18. The van der Waals surface area contributed by atoms with Gasteiger partial charge in [0.2, 0.25) is 0 Å². The van der Waals surface area contributed by atoms with Crippen molar-refractivity contribution in [2.24, 2.45) is 5.92 Å². The van der Waals surface area contributed by atoms with Gasteiger partial charge in [0.05, 0.1) is 0 Å². The van der Waals surface area contributed by atoms with Crippen LogP contribution in [0.3, 0.4) is 0 Å². The van der Waals surface area contributed by atoms with Crippen molar-refractivity contribution in [1.82, 2.24) is 9.80 Å². The van der Waals surface area contributed by atoms with Crippen molar-refractivity contribution in [3.8, 4) is 0 Å². The van der Waals surface area contributed by atoms with Crippen molar-refractivity contribution in [3.63, 3.8) is 0 Å². The van der Waals surface area contributed by atoms with Crippen LogP contribution < -0.4 is 0 Å². The van der Waals surface area contributed by atoms with E-state index >= 15 is 0 Å². The summed E-state index contributed by atoms with van der Waals surface area (Å²) in [6.07, 6.45) is 2.64. The Bertz CT molecular complexity index is 681. The zero-order valence-corrected chi connectivity index (χ0v) is 15.3. The molecule has 1 aliphatic heterocycles. The normalized spacial score (nSPS) is 18.1. The number of nitrogens with zero attached hydrogens (tertiary/aromatic N) is 2. The molecule has 1 atom stereocenters. The minimum Gasteiger partial charge on any atom is -0.337 e. The lowest BCUT2D eigenvalue weighted by Gasteiger charge is -2.30. The quantitative estimate of drug-likeness (QED) is 0.817. The predicted octanol–water partition coefficient (Wildman–Crippen LogP) is 4.19. The van der Waals surface area contributed by atoms with Gasteiger partial charge in [-0.15, -0.1) is 0 Å². The van der Waals surface area contributed by atoms with Gasteiger partial charge < -0.3 is 4.90 Å². The van der Waals surface area contributed by atoms with Gasteiger partial charge in [-0.1, -0.05) is 49.4 Å². The second-order valence-electron chi connectivity index (χ2n) is 7.33. The Balaban J connectivity index is 1.58. The van der Waals surface area contributed by atoms with Gasteiger partial charge in [-0.25, -0.2) is 0 Å². The molecule has 132 valence electrons. The average Bonchev–Trinajstić information content (AvgIpc) is 2.62. The standard InChI is InChI=1S/C22H28N2O/c1-18-7-6-14-24(15-18)17-20-10-12-21(13-11-20)22(25)23(2)16-19-8-4-3-5-9-19/h3-5,8-13,18H,6-7,14-17H2,1-2H3/t18-/m0/s1. The van der Waals surface area contributed by atoms with Crippen molar-refractivity contribution < 1.29 is 4.79 Å². The van der Waals surface area contributed by atoms with Gasteiger partial charge in [-0.2, -0.15) is 0 Å². The lowest BCUT2D eigenvalue weighted by atomic mass is 9.99. The van der Waals surface area contributed by atoms with E-state index in [1.54, 1.807) is 4.90 Å². The van der Waals surface area contributed by atoms with Crippen LogP contribution in [0.1, 0.15) is 41.3 Å². The summed E-state index contributed by atoms with van der Waals surface area (Å²) in [4.78, 5) is 16.9. The van der Waals surface area contributed by atoms with E-state index in [0.29, 0.717) is 6.54 Å². The van der Waals surface area contributed by atoms with E-state index < -0.39 is 0 Å². The van der Waals surface area contributed by atoms with Gasteiger partial charge in [0.15, 0.2) is 0 Å². The summed E-state index contributed by atoms with van der Waals surface area (Å²) in [7, 11) is 1.86. The molecule has 2 aromatic carbocycles. The molecule has 1 amide bonds. The summed E-state index contributed by atoms with van der Waals surface area (Å²) in [5, 5.41) is 0. The van der Waals surface area contributed by atoms with Crippen LogP contribution in [0.5, 0.6) is 0 Å². The molecular formula is C22H28N2O. The molecule has 0 radical (unpaired) electrons. The zero-order valence-electron chi connectivity index (χ0n) is 15.3. The van der Waals surface area contributed by atoms with Gasteiger partial charge in [-0.05, 0) is 48.6 Å². The van der Waals surface area contributed by atoms with Gasteiger partial charge in [0.25, 0.3) is 5.91 Å². The monoisotopic (exact) mass is 336 g/mol. The minimum atomic E-state index is 0.0713. The molecule has 0 spiro atoms. The van der Waals surface area contributed by atoms with Crippen LogP contribution in [0.4, 0.5) is 0 Å². The highest BCUT2D eigenvalue weighted by atomic mass is 16.2. The molecule has 0 unspecified atom stereocenters. The van der Waals surface area contributed by atoms with Crippen molar-refractivity contribution in [2.45, 2.75) is 32.9 Å². The van der Waals surface area contributed by atoms with Crippen LogP contribution >= 0.6 is 0 Å². The third-order valence-electron chi connectivity index (χ3n) is 4.96. The van der Waals surface area contributed by atoms with Crippen molar-refractivity contribution >= 4 is 5.91 Å². The molecular weight excluding hydrogens is 308 g/mol. The number of likely N-dealkylation sites (tertiary alicyclic amines) is 1. The summed E-state index contributed by atoms with van der Waals surface area (Å²) in [6, 6.07) is 18.2. The number of hydrogen-bond donors (Lipinski definition) is 0. The smallest absolute Gasteiger partial charge is 0.253 e. The Hall–Kier alpha value is -2.13. The first-order chi connectivity index (χ1) is 12.1. The van der Waals surface area contributed by atoms with Gasteiger partial charge in [0.1, 0.15) is 0 Å². The summed E-state index contributed by atoms with van der Waals surface area (Å²) in [5.74, 6) is 0.864. The van der Waals surface area contributed by atoms with Crippen molar-refractivity contribution in [2.75, 3.05) is 20.1 Å². The van der Waals surface area contributed by atoms with E-state index in [2.05, 4.69) is 24.0 Å². The fourth-order valence-electron chi connectivity index (χ4n) is 3.59. The molecule has 0 N–H and O–H groups in total. The number of piperidine rings is 1. The molecule has 1 fully saturated rings. The van der Waals surface area contributed by atoms with Crippen LogP contribution in [0.25, 0.3) is 0 Å². The number of hydrogen-bond acceptors (Lipinski definition) is 2. The number of carbonyl (C=O) groups excluding carboxylic acids is 1. The first-order valence-electron chi connectivity index (χ1n) is 9.22. The van der Waals surface area contributed by atoms with E-state index in [9.17, 15) is 4.79 Å². The SMILES string of the molecule is C[C@H]1CCCN(Cc2ccc(C(=O)N(C)Cc3ccccc3)cc2)C1. The second kappa shape index (κ2) is 8.30. The minimum absolute atomic E-state index is 0.0713. The first-order valence-corrected chi connectivity index (χ1v) is 9.22. The molecule has 1 heterocycles. The van der Waals surface area contributed by atoms with E-state index in [0.717, 1.165) is 23.6 Å². The molecule has 0 aliphatic carbocycles. The fraction of sp³-hybridized carbons (Fsp3) is 0.409. The first kappa shape index (κ1) is 17.7. The molecule has 0 aromatic heterocycles. The number of rotatable bonds is 5. The lowest BCUT2D eigenvalue weighted by Crippen LogP contribution is -2.33. The van der Waals surface area contributed by atoms with Gasteiger partial charge in [0, 0.05) is 32.2 Å². The lowest BCUT2D eigenvalue weighted by molar-refractivity contribution is 0.0785. The van der Waals surface area contributed by atoms with E-state index in [4.69, 9.17) is 0 Å². The molecule has 25 heavy (non-hydrogen) atoms. The predicted molar refractivity (Wildman–Crippen MR) is 102 cm³/mol. The molecule has 1 saturated heterocycles. The van der Waals surface area contributed by atoms with E-state index in [1.165, 1.54) is 31.5 Å². The molecule has 2 aromatic rings. The molecule has 3 heteroatoms. The van der Waals surface area contributed by atoms with Gasteiger partial charge in [-0.3, -0.25) is 9.69 Å².